The summed E-state index contributed by atoms with van der Waals surface area (Å²) in [6.07, 6.45) is -0.926. The quantitative estimate of drug-likeness (QED) is 0.645. The topological polar surface area (TPSA) is 52.6 Å². The number of amides is 1. The first-order valence-corrected chi connectivity index (χ1v) is 4.58. The van der Waals surface area contributed by atoms with Gasteiger partial charge in [0.05, 0.1) is 6.04 Å². The highest BCUT2D eigenvalue weighted by atomic mass is 16.4. The Labute approximate surface area is 78.9 Å². The molecule has 4 nitrogen and oxygen atoms in total. The molecule has 1 amide bonds. The van der Waals surface area contributed by atoms with Gasteiger partial charge in [-0.05, 0) is 27.7 Å². The lowest BCUT2D eigenvalue weighted by molar-refractivity contribution is -0.0196. The van der Waals surface area contributed by atoms with Gasteiger partial charge in [0.2, 0.25) is 0 Å². The average Bonchev–Trinajstić information content (AvgIpc) is 1.93. The van der Waals surface area contributed by atoms with Gasteiger partial charge in [-0.25, -0.2) is 4.79 Å². The molecule has 1 aliphatic rings. The SMILES string of the molecule is C[C@H]1[C@@H](NC(=O)O)CN1C(C)(C)C. The van der Waals surface area contributed by atoms with Crippen LogP contribution in [0.2, 0.25) is 0 Å². The molecule has 13 heavy (non-hydrogen) atoms. The van der Waals surface area contributed by atoms with Crippen molar-refractivity contribution in [2.75, 3.05) is 6.54 Å². The van der Waals surface area contributed by atoms with Crippen LogP contribution >= 0.6 is 0 Å². The maximum atomic E-state index is 10.4. The third kappa shape index (κ3) is 2.12. The zero-order chi connectivity index (χ0) is 10.2. The lowest BCUT2D eigenvalue weighted by atomic mass is 9.90. The zero-order valence-electron chi connectivity index (χ0n) is 8.66. The third-order valence-electron chi connectivity index (χ3n) is 2.64. The normalized spacial score (nSPS) is 29.5. The molecule has 0 saturated carbocycles. The van der Waals surface area contributed by atoms with Gasteiger partial charge < -0.3 is 10.4 Å². The van der Waals surface area contributed by atoms with Crippen molar-refractivity contribution >= 4 is 6.09 Å². The average molecular weight is 186 g/mol. The first-order chi connectivity index (χ1) is 5.82. The van der Waals surface area contributed by atoms with E-state index in [1.54, 1.807) is 0 Å². The summed E-state index contributed by atoms with van der Waals surface area (Å²) in [6.45, 7) is 9.29. The van der Waals surface area contributed by atoms with Crippen molar-refractivity contribution in [3.63, 3.8) is 0 Å². The molecule has 0 spiro atoms. The molecule has 0 aliphatic carbocycles. The Balaban J connectivity index is 2.43. The molecular formula is C9H18N2O2. The van der Waals surface area contributed by atoms with E-state index in [1.807, 2.05) is 0 Å². The number of nitrogens with one attached hydrogen (secondary N) is 1. The van der Waals surface area contributed by atoms with Gasteiger partial charge in [-0.15, -0.1) is 0 Å². The lowest BCUT2D eigenvalue weighted by Gasteiger charge is -2.53. The molecule has 2 atom stereocenters. The highest BCUT2D eigenvalue weighted by Crippen LogP contribution is 2.27. The summed E-state index contributed by atoms with van der Waals surface area (Å²) in [7, 11) is 0. The third-order valence-corrected chi connectivity index (χ3v) is 2.64. The zero-order valence-corrected chi connectivity index (χ0v) is 8.66. The molecule has 0 aromatic heterocycles. The monoisotopic (exact) mass is 186 g/mol. The predicted octanol–water partition coefficient (Wildman–Crippen LogP) is 1.13. The minimum Gasteiger partial charge on any atom is -0.465 e. The molecule has 1 saturated heterocycles. The van der Waals surface area contributed by atoms with Crippen LogP contribution in [0.25, 0.3) is 0 Å². The number of hydrogen-bond donors (Lipinski definition) is 2. The number of rotatable bonds is 1. The molecule has 0 unspecified atom stereocenters. The van der Waals surface area contributed by atoms with Crippen LogP contribution in [-0.4, -0.2) is 40.3 Å². The molecule has 0 aromatic rings. The largest absolute Gasteiger partial charge is 0.465 e. The Hall–Kier alpha value is -0.770. The molecular weight excluding hydrogens is 168 g/mol. The van der Waals surface area contributed by atoms with Gasteiger partial charge in [0.1, 0.15) is 0 Å². The van der Waals surface area contributed by atoms with Crippen LogP contribution in [0, 0.1) is 0 Å². The van der Waals surface area contributed by atoms with E-state index >= 15 is 0 Å². The maximum Gasteiger partial charge on any atom is 0.404 e. The first-order valence-electron chi connectivity index (χ1n) is 4.58. The number of nitrogens with zero attached hydrogens (tertiary/aromatic N) is 1. The van der Waals surface area contributed by atoms with Gasteiger partial charge in [0.15, 0.2) is 0 Å². The highest BCUT2D eigenvalue weighted by molar-refractivity contribution is 5.65. The standard InChI is InChI=1S/C9H18N2O2/c1-6-7(10-8(12)13)5-11(6)9(2,3)4/h6-7,10H,5H2,1-4H3,(H,12,13)/t6-,7-/m0/s1. The smallest absolute Gasteiger partial charge is 0.404 e. The summed E-state index contributed by atoms with van der Waals surface area (Å²) in [5.74, 6) is 0. The lowest BCUT2D eigenvalue weighted by Crippen LogP contribution is -2.69. The number of carboxylic acid groups (broad SMARTS) is 1. The van der Waals surface area contributed by atoms with Gasteiger partial charge in [-0.2, -0.15) is 0 Å². The van der Waals surface area contributed by atoms with Crippen LogP contribution in [0.3, 0.4) is 0 Å². The van der Waals surface area contributed by atoms with E-state index in [9.17, 15) is 4.79 Å². The van der Waals surface area contributed by atoms with Crippen molar-refractivity contribution in [1.29, 1.82) is 0 Å². The van der Waals surface area contributed by atoms with Gasteiger partial charge in [-0.1, -0.05) is 0 Å². The van der Waals surface area contributed by atoms with Crippen LogP contribution in [0.4, 0.5) is 4.79 Å². The van der Waals surface area contributed by atoms with E-state index in [-0.39, 0.29) is 11.6 Å². The van der Waals surface area contributed by atoms with Crippen molar-refractivity contribution in [2.45, 2.75) is 45.3 Å². The minimum absolute atomic E-state index is 0.0942. The second-order valence-electron chi connectivity index (χ2n) is 4.62. The second kappa shape index (κ2) is 3.18. The van der Waals surface area contributed by atoms with Gasteiger partial charge >= 0.3 is 6.09 Å². The van der Waals surface area contributed by atoms with Crippen LogP contribution in [0.1, 0.15) is 27.7 Å². The van der Waals surface area contributed by atoms with Crippen molar-refractivity contribution < 1.29 is 9.90 Å². The Morgan fingerprint density at radius 1 is 1.54 bits per heavy atom. The summed E-state index contributed by atoms with van der Waals surface area (Å²) in [5.41, 5.74) is 0.135. The van der Waals surface area contributed by atoms with Crippen molar-refractivity contribution in [1.82, 2.24) is 10.2 Å². The molecule has 1 fully saturated rings. The number of carbonyl (C=O) groups is 1. The van der Waals surface area contributed by atoms with E-state index in [2.05, 4.69) is 37.9 Å². The molecule has 4 heteroatoms. The molecule has 76 valence electrons. The summed E-state index contributed by atoms with van der Waals surface area (Å²) >= 11 is 0. The van der Waals surface area contributed by atoms with Gasteiger partial charge in [0.25, 0.3) is 0 Å². The van der Waals surface area contributed by atoms with Gasteiger partial charge in [-0.3, -0.25) is 4.90 Å². The Morgan fingerprint density at radius 2 is 2.08 bits per heavy atom. The molecule has 2 N–H and O–H groups in total. The summed E-state index contributed by atoms with van der Waals surface area (Å²) in [6, 6.07) is 0.396. The number of hydrogen-bond acceptors (Lipinski definition) is 2. The molecule has 0 aromatic carbocycles. The predicted molar refractivity (Wildman–Crippen MR) is 50.9 cm³/mol. The Kier molecular flexibility index (Phi) is 2.52. The molecule has 1 heterocycles. The van der Waals surface area contributed by atoms with Crippen LogP contribution in [0.15, 0.2) is 0 Å². The summed E-state index contributed by atoms with van der Waals surface area (Å²) in [5, 5.41) is 11.0. The fraction of sp³-hybridized carbons (Fsp3) is 0.889. The van der Waals surface area contributed by atoms with Crippen LogP contribution in [0.5, 0.6) is 0 Å². The highest BCUT2D eigenvalue weighted by Gasteiger charge is 2.41. The van der Waals surface area contributed by atoms with E-state index in [4.69, 9.17) is 5.11 Å². The summed E-state index contributed by atoms with van der Waals surface area (Å²) < 4.78 is 0. The number of likely N-dealkylation sites (tertiary alicyclic amines) is 1. The van der Waals surface area contributed by atoms with Crippen molar-refractivity contribution in [2.24, 2.45) is 0 Å². The van der Waals surface area contributed by atoms with E-state index in [0.717, 1.165) is 6.54 Å². The van der Waals surface area contributed by atoms with Crippen molar-refractivity contribution in [3.05, 3.63) is 0 Å². The van der Waals surface area contributed by atoms with Crippen LogP contribution < -0.4 is 5.32 Å². The van der Waals surface area contributed by atoms with E-state index in [1.165, 1.54) is 0 Å². The second-order valence-corrected chi connectivity index (χ2v) is 4.62. The molecule has 0 bridgehead atoms. The summed E-state index contributed by atoms with van der Waals surface area (Å²) in [4.78, 5) is 12.7. The fourth-order valence-electron chi connectivity index (χ4n) is 1.82. The van der Waals surface area contributed by atoms with Crippen molar-refractivity contribution in [3.8, 4) is 0 Å². The van der Waals surface area contributed by atoms with E-state index in [0.29, 0.717) is 6.04 Å². The first kappa shape index (κ1) is 10.3. The molecule has 1 aliphatic heterocycles. The Bertz CT molecular complexity index is 210. The molecule has 0 radical (unpaired) electrons. The Morgan fingerprint density at radius 3 is 2.38 bits per heavy atom. The maximum absolute atomic E-state index is 10.4. The minimum atomic E-state index is -0.926. The van der Waals surface area contributed by atoms with Gasteiger partial charge in [0, 0.05) is 18.1 Å². The van der Waals surface area contributed by atoms with Crippen LogP contribution in [-0.2, 0) is 0 Å². The van der Waals surface area contributed by atoms with E-state index < -0.39 is 6.09 Å². The molecule has 1 rings (SSSR count). The fourth-order valence-corrected chi connectivity index (χ4v) is 1.82.